The van der Waals surface area contributed by atoms with Crippen LogP contribution in [0.15, 0.2) is 23.1 Å². The van der Waals surface area contributed by atoms with Crippen LogP contribution in [0.3, 0.4) is 0 Å². The van der Waals surface area contributed by atoms with E-state index in [0.717, 1.165) is 6.07 Å². The lowest BCUT2D eigenvalue weighted by Gasteiger charge is -2.08. The Kier molecular flexibility index (Phi) is 3.97. The first kappa shape index (κ1) is 15.2. The predicted octanol–water partition coefficient (Wildman–Crippen LogP) is 2.99. The van der Waals surface area contributed by atoms with Gasteiger partial charge in [-0.3, -0.25) is 4.79 Å². The molecule has 1 N–H and O–H groups in total. The normalized spacial score (nSPS) is 20.9. The van der Waals surface area contributed by atoms with Crippen LogP contribution in [0.1, 0.15) is 6.42 Å². The van der Waals surface area contributed by atoms with Crippen molar-refractivity contribution >= 4 is 62.3 Å². The molecule has 4 nitrogen and oxygen atoms in total. The third kappa shape index (κ3) is 3.28. The van der Waals surface area contributed by atoms with Gasteiger partial charge in [0.05, 0.1) is 10.9 Å². The van der Waals surface area contributed by atoms with Crippen LogP contribution in [0.4, 0.5) is 0 Å². The van der Waals surface area contributed by atoms with Crippen LogP contribution in [0.2, 0.25) is 10.0 Å². The van der Waals surface area contributed by atoms with Crippen LogP contribution >= 0.6 is 46.4 Å². The predicted molar refractivity (Wildman–Crippen MR) is 74.3 cm³/mol. The van der Waals surface area contributed by atoms with E-state index in [1.807, 2.05) is 4.72 Å². The van der Waals surface area contributed by atoms with Crippen molar-refractivity contribution in [1.82, 2.24) is 4.72 Å². The van der Waals surface area contributed by atoms with Crippen LogP contribution in [0, 0.1) is 5.92 Å². The number of carbonyl (C=O) groups is 1. The van der Waals surface area contributed by atoms with Gasteiger partial charge < -0.3 is 0 Å². The molecule has 19 heavy (non-hydrogen) atoms. The fourth-order valence-electron chi connectivity index (χ4n) is 1.44. The minimum Gasteiger partial charge on any atom is -0.274 e. The van der Waals surface area contributed by atoms with E-state index >= 15 is 0 Å². The van der Waals surface area contributed by atoms with Gasteiger partial charge in [0.1, 0.15) is 9.23 Å². The topological polar surface area (TPSA) is 63.2 Å². The lowest BCUT2D eigenvalue weighted by atomic mass is 10.4. The van der Waals surface area contributed by atoms with E-state index in [1.165, 1.54) is 12.1 Å². The molecule has 0 saturated heterocycles. The summed E-state index contributed by atoms with van der Waals surface area (Å²) in [7, 11) is -4.10. The first-order chi connectivity index (χ1) is 8.63. The number of amides is 1. The molecule has 1 unspecified atom stereocenters. The highest BCUT2D eigenvalue weighted by molar-refractivity contribution is 7.90. The quantitative estimate of drug-likeness (QED) is 0.840. The lowest BCUT2D eigenvalue weighted by molar-refractivity contribution is -0.120. The van der Waals surface area contributed by atoms with Crippen molar-refractivity contribution < 1.29 is 13.2 Å². The van der Waals surface area contributed by atoms with Gasteiger partial charge in [0.25, 0.3) is 10.0 Å². The van der Waals surface area contributed by atoms with Gasteiger partial charge in [-0.25, -0.2) is 13.1 Å². The van der Waals surface area contributed by atoms with Crippen molar-refractivity contribution in [3.63, 3.8) is 0 Å². The van der Waals surface area contributed by atoms with E-state index in [-0.39, 0.29) is 21.4 Å². The van der Waals surface area contributed by atoms with E-state index < -0.39 is 26.2 Å². The average molecular weight is 363 g/mol. The smallest absolute Gasteiger partial charge is 0.265 e. The SMILES string of the molecule is O=C(NS(=O)(=O)c1cc(Cl)ccc1Cl)C1CC1(Cl)Cl. The summed E-state index contributed by atoms with van der Waals surface area (Å²) in [5.74, 6) is -1.51. The Morgan fingerprint density at radius 1 is 1.32 bits per heavy atom. The summed E-state index contributed by atoms with van der Waals surface area (Å²) >= 11 is 22.9. The fraction of sp³-hybridized carbons (Fsp3) is 0.300. The van der Waals surface area contributed by atoms with E-state index in [0.29, 0.717) is 0 Å². The Balaban J connectivity index is 2.24. The van der Waals surface area contributed by atoms with Gasteiger partial charge in [0, 0.05) is 5.02 Å². The number of halogens is 4. The summed E-state index contributed by atoms with van der Waals surface area (Å²) in [6.45, 7) is 0. The molecule has 1 aromatic rings. The van der Waals surface area contributed by atoms with Gasteiger partial charge in [-0.05, 0) is 24.6 Å². The van der Waals surface area contributed by atoms with Gasteiger partial charge in [-0.15, -0.1) is 23.2 Å². The third-order valence-corrected chi connectivity index (χ3v) is 5.46. The van der Waals surface area contributed by atoms with Crippen molar-refractivity contribution in [2.75, 3.05) is 0 Å². The highest BCUT2D eigenvalue weighted by Crippen LogP contribution is 2.53. The molecule has 0 aromatic heterocycles. The highest BCUT2D eigenvalue weighted by Gasteiger charge is 2.57. The Morgan fingerprint density at radius 2 is 1.89 bits per heavy atom. The second kappa shape index (κ2) is 4.97. The minimum absolute atomic E-state index is 0.0384. The van der Waals surface area contributed by atoms with E-state index in [9.17, 15) is 13.2 Å². The summed E-state index contributed by atoms with van der Waals surface area (Å²) in [4.78, 5) is 11.4. The van der Waals surface area contributed by atoms with Crippen LogP contribution < -0.4 is 4.72 Å². The third-order valence-electron chi connectivity index (χ3n) is 2.56. The zero-order valence-electron chi connectivity index (χ0n) is 9.16. The molecular formula is C10H7Cl4NO3S. The highest BCUT2D eigenvalue weighted by atomic mass is 35.5. The molecule has 1 fully saturated rings. The Morgan fingerprint density at radius 3 is 2.42 bits per heavy atom. The van der Waals surface area contributed by atoms with Crippen LogP contribution in [-0.4, -0.2) is 18.7 Å². The second-order valence-corrected chi connectivity index (χ2v) is 8.10. The van der Waals surface area contributed by atoms with E-state index in [2.05, 4.69) is 0 Å². The van der Waals surface area contributed by atoms with Gasteiger partial charge in [0.2, 0.25) is 5.91 Å². The number of nitrogens with one attached hydrogen (secondary N) is 1. The molecular weight excluding hydrogens is 356 g/mol. The fourth-order valence-corrected chi connectivity index (χ4v) is 3.73. The lowest BCUT2D eigenvalue weighted by Crippen LogP contribution is -2.33. The van der Waals surface area contributed by atoms with Crippen LogP contribution in [0.5, 0.6) is 0 Å². The largest absolute Gasteiger partial charge is 0.274 e. The molecule has 0 bridgehead atoms. The standard InChI is InChI=1S/C10H7Cl4NO3S/c11-5-1-2-7(12)8(3-5)19(17,18)15-9(16)6-4-10(6,13)14/h1-3,6H,4H2,(H,15,16). The zero-order chi connectivity index (χ0) is 14.4. The van der Waals surface area contributed by atoms with Crippen LogP contribution in [-0.2, 0) is 14.8 Å². The van der Waals surface area contributed by atoms with Crippen LogP contribution in [0.25, 0.3) is 0 Å². The maximum Gasteiger partial charge on any atom is 0.265 e. The summed E-state index contributed by atoms with van der Waals surface area (Å²) in [5.41, 5.74) is 0. The van der Waals surface area contributed by atoms with E-state index in [1.54, 1.807) is 0 Å². The number of hydrogen-bond donors (Lipinski definition) is 1. The number of rotatable bonds is 3. The summed E-state index contributed by atoms with van der Waals surface area (Å²) in [6, 6.07) is 3.92. The summed E-state index contributed by atoms with van der Waals surface area (Å²) in [6.07, 6.45) is 0.209. The number of alkyl halides is 2. The average Bonchev–Trinajstić information content (AvgIpc) is 2.91. The molecule has 0 spiro atoms. The second-order valence-electron chi connectivity index (χ2n) is 4.06. The zero-order valence-corrected chi connectivity index (χ0v) is 13.0. The number of carbonyl (C=O) groups excluding carboxylic acids is 1. The Hall–Kier alpha value is -0.200. The monoisotopic (exact) mass is 361 g/mol. The van der Waals surface area contributed by atoms with Crippen molar-refractivity contribution in [2.24, 2.45) is 5.92 Å². The first-order valence-electron chi connectivity index (χ1n) is 5.03. The molecule has 1 saturated carbocycles. The molecule has 1 aliphatic rings. The van der Waals surface area contributed by atoms with Crippen molar-refractivity contribution in [1.29, 1.82) is 0 Å². The molecule has 1 atom stereocenters. The molecule has 1 aliphatic carbocycles. The molecule has 0 heterocycles. The van der Waals surface area contributed by atoms with Gasteiger partial charge >= 0.3 is 0 Å². The molecule has 0 radical (unpaired) electrons. The molecule has 0 aliphatic heterocycles. The summed E-state index contributed by atoms with van der Waals surface area (Å²) in [5, 5.41) is 0.149. The maximum absolute atomic E-state index is 12.0. The number of sulfonamides is 1. The van der Waals surface area contributed by atoms with Crippen molar-refractivity contribution in [2.45, 2.75) is 15.6 Å². The van der Waals surface area contributed by atoms with Crippen molar-refractivity contribution in [3.8, 4) is 0 Å². The molecule has 1 aromatic carbocycles. The Labute approximate surface area is 130 Å². The Bertz CT molecular complexity index is 644. The molecule has 2 rings (SSSR count). The molecule has 104 valence electrons. The number of benzene rings is 1. The van der Waals surface area contributed by atoms with Gasteiger partial charge in [0.15, 0.2) is 0 Å². The molecule has 1 amide bonds. The minimum atomic E-state index is -4.10. The maximum atomic E-state index is 12.0. The summed E-state index contributed by atoms with van der Waals surface area (Å²) < 4.78 is 24.7. The number of hydrogen-bond acceptors (Lipinski definition) is 3. The van der Waals surface area contributed by atoms with E-state index in [4.69, 9.17) is 46.4 Å². The van der Waals surface area contributed by atoms with Gasteiger partial charge in [-0.2, -0.15) is 0 Å². The molecule has 9 heteroatoms. The van der Waals surface area contributed by atoms with Crippen molar-refractivity contribution in [3.05, 3.63) is 28.2 Å². The first-order valence-corrected chi connectivity index (χ1v) is 8.02. The van der Waals surface area contributed by atoms with Gasteiger partial charge in [-0.1, -0.05) is 23.2 Å².